The molecule has 1 saturated carbocycles. The smallest absolute Gasteiger partial charge is 0.315 e. The molecule has 0 aromatic carbocycles. The van der Waals surface area contributed by atoms with Crippen molar-refractivity contribution in [3.63, 3.8) is 0 Å². The van der Waals surface area contributed by atoms with Gasteiger partial charge in [0.05, 0.1) is 49.0 Å². The van der Waals surface area contributed by atoms with Crippen LogP contribution in [0.25, 0.3) is 0 Å². The first-order valence-corrected chi connectivity index (χ1v) is 26.1. The fourth-order valence-corrected chi connectivity index (χ4v) is 14.4. The SMILES string of the molecule is CC[C@H]1CCC[C@H](O[C@H]2CC[C@H](N(C)C(=O)CCCCC3SC[C@@H]4NC(=O)N[C@H]34)C(C)O2)[C@@H](C)C(=O)C2=C[C@@H]3[C@@H](C=C[C@@H]4C[C@@H](O[C@@H]5OC(C)[C@H](OC)C(OC)[C@@H]5OC)C[C@@H]34)[C@@H]2CC(=O)O1. The van der Waals surface area contributed by atoms with Crippen LogP contribution in [0.1, 0.15) is 111 Å². The Balaban J connectivity index is 0.895. The van der Waals surface area contributed by atoms with E-state index in [1.165, 1.54) is 0 Å². The van der Waals surface area contributed by atoms with E-state index in [4.69, 9.17) is 37.9 Å². The predicted octanol–water partition coefficient (Wildman–Crippen LogP) is 6.11. The minimum absolute atomic E-state index is 0.00367. The Bertz CT molecular complexity index is 1780. The van der Waals surface area contributed by atoms with Gasteiger partial charge in [-0.3, -0.25) is 14.4 Å². The maximum Gasteiger partial charge on any atom is 0.315 e. The van der Waals surface area contributed by atoms with Crippen LogP contribution in [0, 0.1) is 35.5 Å². The number of nitrogens with one attached hydrogen (secondary N) is 2. The first-order chi connectivity index (χ1) is 31.8. The van der Waals surface area contributed by atoms with Gasteiger partial charge >= 0.3 is 12.0 Å². The van der Waals surface area contributed by atoms with Crippen molar-refractivity contribution in [3.8, 4) is 0 Å². The van der Waals surface area contributed by atoms with Crippen LogP contribution in [-0.4, -0.2) is 148 Å². The molecule has 4 unspecified atom stereocenters. The minimum Gasteiger partial charge on any atom is -0.462 e. The van der Waals surface area contributed by atoms with Gasteiger partial charge in [0.2, 0.25) is 5.91 Å². The Morgan fingerprint density at radius 3 is 2.41 bits per heavy atom. The number of hydrogen-bond acceptors (Lipinski definition) is 13. The van der Waals surface area contributed by atoms with Gasteiger partial charge < -0.3 is 53.4 Å². The molecule has 370 valence electrons. The molecule has 15 nitrogen and oxygen atoms in total. The van der Waals surface area contributed by atoms with Crippen molar-refractivity contribution in [2.75, 3.05) is 34.1 Å². The second-order valence-electron chi connectivity index (χ2n) is 20.4. The van der Waals surface area contributed by atoms with E-state index in [-0.39, 0.29) is 114 Å². The van der Waals surface area contributed by atoms with Crippen LogP contribution < -0.4 is 10.6 Å². The molecule has 0 aromatic rings. The molecule has 6 fully saturated rings. The third-order valence-corrected chi connectivity index (χ3v) is 18.1. The summed E-state index contributed by atoms with van der Waals surface area (Å²) >= 11 is 1.90. The van der Waals surface area contributed by atoms with Gasteiger partial charge in [-0.25, -0.2) is 4.79 Å². The Hall–Kier alpha value is -2.57. The number of esters is 1. The fourth-order valence-electron chi connectivity index (χ4n) is 12.9. The number of fused-ring (bicyclic) bond motifs is 6. The number of methoxy groups -OCH3 is 3. The van der Waals surface area contributed by atoms with Gasteiger partial charge in [0.1, 0.15) is 24.4 Å². The van der Waals surface area contributed by atoms with Gasteiger partial charge in [-0.05, 0) is 101 Å². The molecule has 5 saturated heterocycles. The average Bonchev–Trinajstić information content (AvgIpc) is 4.08. The maximum atomic E-state index is 14.9. The molecule has 3 aliphatic carbocycles. The fraction of sp³-hybridized carbons (Fsp3) is 0.840. The Kier molecular flexibility index (Phi) is 16.6. The van der Waals surface area contributed by atoms with Crippen molar-refractivity contribution < 1.29 is 57.1 Å². The molecule has 66 heavy (non-hydrogen) atoms. The van der Waals surface area contributed by atoms with Crippen molar-refractivity contribution >= 4 is 35.5 Å². The number of allylic oxidation sites excluding steroid dienone is 4. The maximum absolute atomic E-state index is 14.9. The van der Waals surface area contributed by atoms with Gasteiger partial charge in [-0.15, -0.1) is 0 Å². The molecule has 0 spiro atoms. The number of ether oxygens (including phenoxy) is 8. The van der Waals surface area contributed by atoms with Crippen LogP contribution in [-0.2, 0) is 52.3 Å². The quantitative estimate of drug-likeness (QED) is 0.0887. The summed E-state index contributed by atoms with van der Waals surface area (Å²) in [7, 11) is 6.83. The Morgan fingerprint density at radius 1 is 0.879 bits per heavy atom. The van der Waals surface area contributed by atoms with Crippen molar-refractivity contribution in [2.24, 2.45) is 35.5 Å². The summed E-state index contributed by atoms with van der Waals surface area (Å²) in [4.78, 5) is 55.6. The van der Waals surface area contributed by atoms with Crippen molar-refractivity contribution in [1.29, 1.82) is 0 Å². The van der Waals surface area contributed by atoms with Crippen molar-refractivity contribution in [2.45, 2.75) is 196 Å². The molecule has 5 aliphatic heterocycles. The number of urea groups is 1. The third-order valence-electron chi connectivity index (χ3n) is 16.5. The summed E-state index contributed by atoms with van der Waals surface area (Å²) in [6.45, 7) is 8.01. The van der Waals surface area contributed by atoms with Crippen LogP contribution in [0.5, 0.6) is 0 Å². The summed E-state index contributed by atoms with van der Waals surface area (Å²) in [6, 6.07) is 0.238. The van der Waals surface area contributed by atoms with Crippen molar-refractivity contribution in [3.05, 3.63) is 23.8 Å². The number of likely N-dealkylation sites (N-methyl/N-ethyl adjacent to an activating group) is 1. The van der Waals surface area contributed by atoms with Crippen LogP contribution in [0.15, 0.2) is 23.8 Å². The number of unbranched alkanes of at least 4 members (excludes halogenated alkanes) is 1. The number of thioether (sulfide) groups is 1. The molecular formula is C50H77N3O12S. The summed E-state index contributed by atoms with van der Waals surface area (Å²) in [5, 5.41) is 6.44. The summed E-state index contributed by atoms with van der Waals surface area (Å²) in [5.74, 6) is 0.657. The summed E-state index contributed by atoms with van der Waals surface area (Å²) < 4.78 is 50.0. The van der Waals surface area contributed by atoms with Gasteiger partial charge in [0, 0.05) is 64.1 Å². The first-order valence-electron chi connectivity index (χ1n) is 25.1. The Morgan fingerprint density at radius 2 is 1.67 bits per heavy atom. The number of Topliss-reactive ketones (excluding diaryl/α,β-unsaturated/α-hetero) is 1. The van der Waals surface area contributed by atoms with E-state index in [0.717, 1.165) is 62.7 Å². The van der Waals surface area contributed by atoms with Crippen LogP contribution in [0.3, 0.4) is 0 Å². The van der Waals surface area contributed by atoms with Crippen molar-refractivity contribution in [1.82, 2.24) is 15.5 Å². The number of nitrogens with zero attached hydrogens (tertiary/aromatic N) is 1. The molecule has 0 radical (unpaired) electrons. The minimum atomic E-state index is -0.623. The number of carbonyl (C=O) groups excluding carboxylic acids is 4. The highest BCUT2D eigenvalue weighted by atomic mass is 32.2. The zero-order chi connectivity index (χ0) is 46.8. The number of amides is 3. The zero-order valence-electron chi connectivity index (χ0n) is 40.4. The highest BCUT2D eigenvalue weighted by molar-refractivity contribution is 8.00. The van der Waals surface area contributed by atoms with Crippen LogP contribution in [0.2, 0.25) is 0 Å². The number of hydrogen-bond donors (Lipinski definition) is 2. The van der Waals surface area contributed by atoms with Crippen LogP contribution >= 0.6 is 11.8 Å². The van der Waals surface area contributed by atoms with E-state index in [0.29, 0.717) is 30.9 Å². The normalized spacial score (nSPS) is 43.6. The molecule has 5 heterocycles. The largest absolute Gasteiger partial charge is 0.462 e. The average molecular weight is 944 g/mol. The van der Waals surface area contributed by atoms with Gasteiger partial charge in [-0.2, -0.15) is 11.8 Å². The van der Waals surface area contributed by atoms with Gasteiger partial charge in [0.25, 0.3) is 0 Å². The molecule has 20 atom stereocenters. The molecule has 8 aliphatic rings. The van der Waals surface area contributed by atoms with E-state index in [1.54, 1.807) is 21.3 Å². The van der Waals surface area contributed by atoms with Gasteiger partial charge in [-0.1, -0.05) is 38.5 Å². The zero-order valence-corrected chi connectivity index (χ0v) is 41.2. The molecule has 8 rings (SSSR count). The van der Waals surface area contributed by atoms with E-state index >= 15 is 0 Å². The van der Waals surface area contributed by atoms with E-state index in [9.17, 15) is 19.2 Å². The lowest BCUT2D eigenvalue weighted by molar-refractivity contribution is -0.314. The monoisotopic (exact) mass is 944 g/mol. The topological polar surface area (TPSA) is 169 Å². The predicted molar refractivity (Wildman–Crippen MR) is 247 cm³/mol. The van der Waals surface area contributed by atoms with Gasteiger partial charge in [0.15, 0.2) is 18.4 Å². The number of rotatable bonds is 14. The standard InChI is InChI=1S/C50H77N3O12S/c1-9-30-13-12-14-39(65-43-20-19-38(27(3)61-43)53(5)41(54)16-11-10-15-40-44-37(25-66-40)51-50(57)52-44)26(2)45(56)36-23-34-32(35(36)24-42(55)63-30)18-17-29-21-31(22-33(29)34)64-49-48(60-8)47(59-7)46(58-6)28(4)62-49/h17-18,23,26-35,37-40,43-44,46-49H,9-16,19-22,24-25H2,1-8H3,(H2,51,52,57)/t26-,27?,28?,29-,30+,31-,32-,33-,34-,35+,37+,38+,39+,40?,43+,44+,46+,47?,48+,49+/m1/s1. The number of carbonyl (C=O) groups is 4. The number of ketones is 1. The lowest BCUT2D eigenvalue weighted by atomic mass is 9.70. The van der Waals surface area contributed by atoms with E-state index in [2.05, 4.69) is 35.8 Å². The summed E-state index contributed by atoms with van der Waals surface area (Å²) in [5.41, 5.74) is 0.718. The Labute approximate surface area is 396 Å². The second-order valence-corrected chi connectivity index (χ2v) is 21.7. The van der Waals surface area contributed by atoms with Crippen LogP contribution in [0.4, 0.5) is 4.79 Å². The molecule has 0 aromatic heterocycles. The number of cyclic esters (lactones) is 1. The molecule has 0 bridgehead atoms. The molecular weight excluding hydrogens is 867 g/mol. The third kappa shape index (κ3) is 10.6. The highest BCUT2D eigenvalue weighted by Crippen LogP contribution is 2.54. The van der Waals surface area contributed by atoms with E-state index < -0.39 is 30.7 Å². The highest BCUT2D eigenvalue weighted by Gasteiger charge is 2.53. The molecule has 16 heteroatoms. The summed E-state index contributed by atoms with van der Waals surface area (Å²) in [6.07, 6.45) is 12.4. The molecule has 3 amide bonds. The van der Waals surface area contributed by atoms with E-state index in [1.807, 2.05) is 44.5 Å². The lowest BCUT2D eigenvalue weighted by Gasteiger charge is -2.44. The molecule has 2 N–H and O–H groups in total. The first kappa shape index (κ1) is 49.8. The second kappa shape index (κ2) is 22.0. The lowest BCUT2D eigenvalue weighted by Crippen LogP contribution is -2.59.